The van der Waals surface area contributed by atoms with Gasteiger partial charge in [-0.05, 0) is 36.6 Å². The second-order valence-corrected chi connectivity index (χ2v) is 8.24. The summed E-state index contributed by atoms with van der Waals surface area (Å²) in [6.07, 6.45) is 4.23. The van der Waals surface area contributed by atoms with E-state index in [1.165, 1.54) is 6.07 Å². The molecule has 3 fully saturated rings. The maximum Gasteiger partial charge on any atom is 0.320 e. The number of fused-ring (bicyclic) bond motifs is 2. The van der Waals surface area contributed by atoms with Crippen LogP contribution in [0, 0.1) is 11.7 Å². The maximum atomic E-state index is 13.7. The number of H-pyrrole nitrogens is 1. The van der Waals surface area contributed by atoms with Gasteiger partial charge in [0.15, 0.2) is 5.78 Å². The Balaban J connectivity index is 1.27. The normalized spacial score (nSPS) is 28.0. The van der Waals surface area contributed by atoms with Crippen molar-refractivity contribution in [2.75, 3.05) is 32.8 Å². The highest BCUT2D eigenvalue weighted by atomic mass is 19.1. The molecule has 1 N–H and O–H groups in total. The van der Waals surface area contributed by atoms with Crippen LogP contribution in [0.5, 0.6) is 0 Å². The zero-order chi connectivity index (χ0) is 19.3. The second-order valence-electron chi connectivity index (χ2n) is 8.24. The number of nitrogens with zero attached hydrogens (tertiary/aromatic N) is 2. The number of amides is 2. The fourth-order valence-corrected chi connectivity index (χ4v) is 4.99. The number of ketones is 1. The van der Waals surface area contributed by atoms with Gasteiger partial charge in [0.2, 0.25) is 0 Å². The summed E-state index contributed by atoms with van der Waals surface area (Å²) < 4.78 is 19.3. The highest BCUT2D eigenvalue weighted by molar-refractivity contribution is 5.84. The molecule has 5 rings (SSSR count). The van der Waals surface area contributed by atoms with E-state index in [1.54, 1.807) is 12.1 Å². The van der Waals surface area contributed by atoms with Crippen molar-refractivity contribution in [1.29, 1.82) is 0 Å². The number of aromatic nitrogens is 1. The van der Waals surface area contributed by atoms with Crippen molar-refractivity contribution in [2.24, 2.45) is 5.92 Å². The summed E-state index contributed by atoms with van der Waals surface area (Å²) in [5.41, 5.74) is 2.00. The average Bonchev–Trinajstić information content (AvgIpc) is 3.33. The van der Waals surface area contributed by atoms with Crippen molar-refractivity contribution in [3.8, 4) is 0 Å². The van der Waals surface area contributed by atoms with E-state index < -0.39 is 0 Å². The quantitative estimate of drug-likeness (QED) is 0.821. The molecule has 3 saturated heterocycles. The number of hydrogen-bond acceptors (Lipinski definition) is 3. The molecule has 4 heterocycles. The van der Waals surface area contributed by atoms with E-state index in [-0.39, 0.29) is 42.2 Å². The summed E-state index contributed by atoms with van der Waals surface area (Å²) in [5, 5.41) is 0.901. The monoisotopic (exact) mass is 385 g/mol. The molecule has 2 amide bonds. The first kappa shape index (κ1) is 17.7. The van der Waals surface area contributed by atoms with Crippen LogP contribution in [0.25, 0.3) is 10.9 Å². The maximum absolute atomic E-state index is 13.7. The Bertz CT molecular complexity index is 927. The van der Waals surface area contributed by atoms with Gasteiger partial charge in [0, 0.05) is 61.5 Å². The summed E-state index contributed by atoms with van der Waals surface area (Å²) in [5.74, 6) is 0.209. The number of nitrogens with one attached hydrogen (secondary N) is 1. The number of halogens is 1. The SMILES string of the molecule is O=C1CO[C@H]2CCN(C(=O)N3CCC(c4c[nH]c5ccc(F)cc45)C3)C[C@H]2C1. The van der Waals surface area contributed by atoms with E-state index in [0.717, 1.165) is 29.3 Å². The van der Waals surface area contributed by atoms with Gasteiger partial charge in [-0.25, -0.2) is 9.18 Å². The minimum Gasteiger partial charge on any atom is -0.370 e. The zero-order valence-electron chi connectivity index (χ0n) is 15.7. The van der Waals surface area contributed by atoms with Gasteiger partial charge < -0.3 is 19.5 Å². The number of piperidine rings is 1. The molecule has 1 aromatic carbocycles. The number of Topliss-reactive ketones (excluding diaryl/α,β-unsaturated/α-hetero) is 1. The third-order valence-electron chi connectivity index (χ3n) is 6.46. The zero-order valence-corrected chi connectivity index (χ0v) is 15.7. The van der Waals surface area contributed by atoms with Crippen LogP contribution in [0.15, 0.2) is 24.4 Å². The number of aromatic amines is 1. The number of likely N-dealkylation sites (tertiary alicyclic amines) is 2. The highest BCUT2D eigenvalue weighted by Crippen LogP contribution is 2.34. The average molecular weight is 385 g/mol. The second kappa shape index (κ2) is 6.88. The Labute approximate surface area is 162 Å². The highest BCUT2D eigenvalue weighted by Gasteiger charge is 2.39. The Hall–Kier alpha value is -2.41. The molecule has 28 heavy (non-hydrogen) atoms. The summed E-state index contributed by atoms with van der Waals surface area (Å²) in [4.78, 5) is 31.7. The largest absolute Gasteiger partial charge is 0.370 e. The van der Waals surface area contributed by atoms with Crippen molar-refractivity contribution in [1.82, 2.24) is 14.8 Å². The Morgan fingerprint density at radius 2 is 2.00 bits per heavy atom. The molecule has 6 nitrogen and oxygen atoms in total. The number of carbonyl (C=O) groups excluding carboxylic acids is 2. The van der Waals surface area contributed by atoms with E-state index in [9.17, 15) is 14.0 Å². The summed E-state index contributed by atoms with van der Waals surface area (Å²) in [7, 11) is 0. The van der Waals surface area contributed by atoms with Crippen molar-refractivity contribution >= 4 is 22.7 Å². The molecule has 3 atom stereocenters. The predicted octanol–water partition coefficient (Wildman–Crippen LogP) is 2.90. The van der Waals surface area contributed by atoms with Gasteiger partial charge in [-0.3, -0.25) is 4.79 Å². The molecule has 3 aliphatic rings. The molecule has 3 aliphatic heterocycles. The van der Waals surface area contributed by atoms with Crippen LogP contribution in [-0.2, 0) is 9.53 Å². The standard InChI is InChI=1S/C21H24FN3O3/c22-15-1-2-19-17(8-15)18(9-23-19)13-3-5-24(10-13)21(27)25-6-4-20-14(11-25)7-16(26)12-28-20/h1-2,8-9,13-14,20,23H,3-7,10-12H2/t13?,14-,20+/m1/s1. The predicted molar refractivity (Wildman–Crippen MR) is 102 cm³/mol. The van der Waals surface area contributed by atoms with Crippen LogP contribution in [0.3, 0.4) is 0 Å². The van der Waals surface area contributed by atoms with Gasteiger partial charge in [0.1, 0.15) is 12.4 Å². The van der Waals surface area contributed by atoms with E-state index in [4.69, 9.17) is 4.74 Å². The summed E-state index contributed by atoms with van der Waals surface area (Å²) in [6, 6.07) is 4.82. The van der Waals surface area contributed by atoms with Crippen LogP contribution in [-0.4, -0.2) is 65.5 Å². The van der Waals surface area contributed by atoms with E-state index in [0.29, 0.717) is 32.6 Å². The minimum atomic E-state index is -0.244. The van der Waals surface area contributed by atoms with Crippen LogP contribution < -0.4 is 0 Å². The summed E-state index contributed by atoms with van der Waals surface area (Å²) in [6.45, 7) is 2.82. The summed E-state index contributed by atoms with van der Waals surface area (Å²) >= 11 is 0. The van der Waals surface area contributed by atoms with Crippen molar-refractivity contribution < 1.29 is 18.7 Å². The molecule has 0 saturated carbocycles. The van der Waals surface area contributed by atoms with E-state index >= 15 is 0 Å². The molecule has 148 valence electrons. The van der Waals surface area contributed by atoms with Gasteiger partial charge >= 0.3 is 6.03 Å². The molecule has 0 spiro atoms. The molecule has 7 heteroatoms. The number of benzene rings is 1. The van der Waals surface area contributed by atoms with Crippen molar-refractivity contribution in [2.45, 2.75) is 31.3 Å². The number of carbonyl (C=O) groups is 2. The lowest BCUT2D eigenvalue weighted by Gasteiger charge is -2.41. The molecule has 2 aromatic rings. The van der Waals surface area contributed by atoms with Gasteiger partial charge in [-0.15, -0.1) is 0 Å². The van der Waals surface area contributed by atoms with Crippen molar-refractivity contribution in [3.05, 3.63) is 35.8 Å². The molecule has 0 radical (unpaired) electrons. The lowest BCUT2D eigenvalue weighted by molar-refractivity contribution is -0.139. The van der Waals surface area contributed by atoms with Crippen LogP contribution in [0.2, 0.25) is 0 Å². The Morgan fingerprint density at radius 1 is 1.18 bits per heavy atom. The smallest absolute Gasteiger partial charge is 0.320 e. The third kappa shape index (κ3) is 3.07. The number of ether oxygens (including phenoxy) is 1. The first-order chi connectivity index (χ1) is 13.6. The molecule has 0 bridgehead atoms. The van der Waals surface area contributed by atoms with Gasteiger partial charge in [0.05, 0.1) is 6.10 Å². The third-order valence-corrected chi connectivity index (χ3v) is 6.46. The molecule has 1 unspecified atom stereocenters. The lowest BCUT2D eigenvalue weighted by atomic mass is 9.88. The van der Waals surface area contributed by atoms with Gasteiger partial charge in [-0.2, -0.15) is 0 Å². The molecular formula is C21H24FN3O3. The topological polar surface area (TPSA) is 65.6 Å². The van der Waals surface area contributed by atoms with Crippen LogP contribution in [0.4, 0.5) is 9.18 Å². The molecule has 1 aromatic heterocycles. The number of rotatable bonds is 1. The Morgan fingerprint density at radius 3 is 2.89 bits per heavy atom. The van der Waals surface area contributed by atoms with Crippen LogP contribution in [0.1, 0.15) is 30.7 Å². The lowest BCUT2D eigenvalue weighted by Crippen LogP contribution is -2.53. The first-order valence-corrected chi connectivity index (χ1v) is 10.0. The van der Waals surface area contributed by atoms with Crippen molar-refractivity contribution in [3.63, 3.8) is 0 Å². The fourth-order valence-electron chi connectivity index (χ4n) is 4.99. The minimum absolute atomic E-state index is 0.0463. The van der Waals surface area contributed by atoms with E-state index in [2.05, 4.69) is 4.98 Å². The Kier molecular flexibility index (Phi) is 4.34. The van der Waals surface area contributed by atoms with Crippen LogP contribution >= 0.6 is 0 Å². The molecular weight excluding hydrogens is 361 g/mol. The molecule has 0 aliphatic carbocycles. The number of urea groups is 1. The first-order valence-electron chi connectivity index (χ1n) is 10.0. The fraction of sp³-hybridized carbons (Fsp3) is 0.524. The van der Waals surface area contributed by atoms with E-state index in [1.807, 2.05) is 16.0 Å². The van der Waals surface area contributed by atoms with Gasteiger partial charge in [-0.1, -0.05) is 0 Å². The number of hydrogen-bond donors (Lipinski definition) is 1. The van der Waals surface area contributed by atoms with Gasteiger partial charge in [0.25, 0.3) is 0 Å².